The Morgan fingerprint density at radius 1 is 1.02 bits per heavy atom. The summed E-state index contributed by atoms with van der Waals surface area (Å²) in [7, 11) is -3.46. The van der Waals surface area contributed by atoms with Crippen LogP contribution in [0, 0.1) is 11.7 Å². The van der Waals surface area contributed by atoms with Gasteiger partial charge in [-0.25, -0.2) is 27.5 Å². The first-order chi connectivity index (χ1) is 21.0. The average Bonchev–Trinajstić information content (AvgIpc) is 3.59. The monoisotopic (exact) mass is 613 g/mol. The van der Waals surface area contributed by atoms with E-state index in [9.17, 15) is 17.6 Å². The van der Waals surface area contributed by atoms with Gasteiger partial charge in [0.1, 0.15) is 17.0 Å². The molecule has 6 rings (SSSR count). The summed E-state index contributed by atoms with van der Waals surface area (Å²) < 4.78 is 40.1. The maximum atomic E-state index is 14.6. The maximum Gasteiger partial charge on any atom is 0.224 e. The smallest absolute Gasteiger partial charge is 0.224 e. The van der Waals surface area contributed by atoms with Gasteiger partial charge < -0.3 is 10.3 Å². The number of fused-ring (bicyclic) bond motifs is 2. The Labute approximate surface area is 251 Å². The molecule has 44 heavy (non-hydrogen) atoms. The van der Waals surface area contributed by atoms with Crippen molar-refractivity contribution in [1.82, 2.24) is 39.8 Å². The molecule has 0 saturated heterocycles. The minimum Gasteiger partial charge on any atom is -0.337 e. The van der Waals surface area contributed by atoms with E-state index in [1.807, 2.05) is 26.0 Å². The normalized spacial score (nSPS) is 11.9. The molecule has 0 bridgehead atoms. The number of imidazole rings is 1. The number of sulfonamides is 1. The molecule has 224 valence electrons. The first-order valence-electron chi connectivity index (χ1n) is 13.7. The van der Waals surface area contributed by atoms with Gasteiger partial charge in [0, 0.05) is 48.2 Å². The Bertz CT molecular complexity index is 2140. The molecule has 6 aromatic rings. The lowest BCUT2D eigenvalue weighted by atomic mass is 10.1. The van der Waals surface area contributed by atoms with Crippen LogP contribution in [0.5, 0.6) is 0 Å². The quantitative estimate of drug-likeness (QED) is 0.180. The van der Waals surface area contributed by atoms with Crippen molar-refractivity contribution >= 4 is 43.7 Å². The van der Waals surface area contributed by atoms with Crippen LogP contribution in [0.3, 0.4) is 0 Å². The van der Waals surface area contributed by atoms with Crippen LogP contribution in [0.4, 0.5) is 10.1 Å². The molecule has 14 heteroatoms. The molecule has 0 aliphatic carbocycles. The largest absolute Gasteiger partial charge is 0.337 e. The molecule has 1 amide bonds. The van der Waals surface area contributed by atoms with Crippen molar-refractivity contribution in [2.24, 2.45) is 5.92 Å². The molecule has 1 aromatic carbocycles. The van der Waals surface area contributed by atoms with Crippen LogP contribution in [0.25, 0.3) is 56.0 Å². The van der Waals surface area contributed by atoms with Gasteiger partial charge in [-0.1, -0.05) is 13.8 Å². The van der Waals surface area contributed by atoms with Crippen molar-refractivity contribution in [3.8, 4) is 33.9 Å². The van der Waals surface area contributed by atoms with Crippen molar-refractivity contribution in [1.29, 1.82) is 0 Å². The number of nitrogens with one attached hydrogen (secondary N) is 4. The number of carbonyl (C=O) groups is 1. The van der Waals surface area contributed by atoms with Crippen LogP contribution in [0.15, 0.2) is 61.2 Å². The summed E-state index contributed by atoms with van der Waals surface area (Å²) in [4.78, 5) is 33.6. The topological polar surface area (TPSA) is 171 Å². The molecule has 4 N–H and O–H groups in total. The fourth-order valence-corrected chi connectivity index (χ4v) is 5.28. The number of amides is 1. The molecule has 0 aliphatic heterocycles. The van der Waals surface area contributed by atoms with E-state index in [1.165, 1.54) is 12.1 Å². The minimum atomic E-state index is -3.46. The zero-order valence-electron chi connectivity index (χ0n) is 24.0. The highest BCUT2D eigenvalue weighted by Gasteiger charge is 2.18. The van der Waals surface area contributed by atoms with Crippen LogP contribution in [-0.4, -0.2) is 55.7 Å². The van der Waals surface area contributed by atoms with Crippen molar-refractivity contribution in [2.75, 3.05) is 11.6 Å². The van der Waals surface area contributed by atoms with E-state index in [-0.39, 0.29) is 18.4 Å². The Morgan fingerprint density at radius 3 is 2.64 bits per heavy atom. The molecule has 0 saturated carbocycles. The number of H-pyrrole nitrogens is 2. The highest BCUT2D eigenvalue weighted by atomic mass is 32.2. The molecule has 0 spiro atoms. The number of nitrogens with zero attached hydrogens (tertiary/aromatic N) is 5. The van der Waals surface area contributed by atoms with E-state index in [2.05, 4.69) is 40.2 Å². The standard InChI is InChI=1S/C30H28FN9O3S/c1-16(2)6-25(41)36-22-10-19(13-32-15-22)20-11-23-27(39-40-29(23)34-14-20)30-37-24-4-5-33-26(28(24)38-30)18-7-17(8-21(31)9-18)12-35-44(3,42)43/h4-5,7-11,13-16,35H,6,12H2,1-3H3,(H,36,41)(H,37,38)(H,34,39,40). The number of halogens is 1. The molecule has 0 atom stereocenters. The van der Waals surface area contributed by atoms with Gasteiger partial charge >= 0.3 is 0 Å². The minimum absolute atomic E-state index is 0.0659. The number of rotatable bonds is 9. The fourth-order valence-electron chi connectivity index (χ4n) is 4.86. The second-order valence-corrected chi connectivity index (χ2v) is 12.7. The third kappa shape index (κ3) is 6.31. The fraction of sp³-hybridized carbons (Fsp3) is 0.200. The summed E-state index contributed by atoms with van der Waals surface area (Å²) in [5.41, 5.74) is 5.65. The summed E-state index contributed by atoms with van der Waals surface area (Å²) in [6.45, 7) is 3.90. The van der Waals surface area contributed by atoms with Gasteiger partial charge in [-0.15, -0.1) is 0 Å². The molecule has 5 heterocycles. The number of pyridine rings is 3. The lowest BCUT2D eigenvalue weighted by Gasteiger charge is -2.08. The first-order valence-corrected chi connectivity index (χ1v) is 15.6. The molecule has 0 fully saturated rings. The van der Waals surface area contributed by atoms with Gasteiger partial charge in [0.15, 0.2) is 11.5 Å². The van der Waals surface area contributed by atoms with Crippen LogP contribution in [0.2, 0.25) is 0 Å². The Morgan fingerprint density at radius 2 is 1.84 bits per heavy atom. The van der Waals surface area contributed by atoms with Crippen LogP contribution in [-0.2, 0) is 21.4 Å². The van der Waals surface area contributed by atoms with Gasteiger partial charge in [-0.05, 0) is 47.9 Å². The molecule has 12 nitrogen and oxygen atoms in total. The van der Waals surface area contributed by atoms with E-state index in [0.717, 1.165) is 17.4 Å². The lowest BCUT2D eigenvalue weighted by molar-refractivity contribution is -0.116. The summed E-state index contributed by atoms with van der Waals surface area (Å²) in [6.07, 6.45) is 8.01. The third-order valence-corrected chi connectivity index (χ3v) is 7.43. The average molecular weight is 614 g/mol. The SMILES string of the molecule is CC(C)CC(=O)Nc1cncc(-c2cnc3n[nH]c(-c4nc5c(-c6cc(F)cc(CNS(C)(=O)=O)c6)nccc5[nH]4)c3c2)c1. The highest BCUT2D eigenvalue weighted by Crippen LogP contribution is 2.32. The van der Waals surface area contributed by atoms with Gasteiger partial charge in [-0.3, -0.25) is 19.9 Å². The summed E-state index contributed by atoms with van der Waals surface area (Å²) in [5.74, 6) is 0.0961. The number of hydrogen-bond donors (Lipinski definition) is 4. The van der Waals surface area contributed by atoms with E-state index >= 15 is 0 Å². The van der Waals surface area contributed by atoms with Gasteiger partial charge in [0.25, 0.3) is 0 Å². The molecular formula is C30H28FN9O3S. The molecule has 0 aliphatic rings. The molecule has 0 unspecified atom stereocenters. The van der Waals surface area contributed by atoms with Crippen LogP contribution < -0.4 is 10.0 Å². The number of carbonyl (C=O) groups excluding carboxylic acids is 1. The Kier molecular flexibility index (Phi) is 7.61. The second kappa shape index (κ2) is 11.5. The first kappa shape index (κ1) is 29.0. The van der Waals surface area contributed by atoms with E-state index in [1.54, 1.807) is 36.9 Å². The van der Waals surface area contributed by atoms with E-state index < -0.39 is 15.8 Å². The zero-order valence-corrected chi connectivity index (χ0v) is 24.8. The van der Waals surface area contributed by atoms with Crippen molar-refractivity contribution < 1.29 is 17.6 Å². The Balaban J connectivity index is 1.36. The predicted molar refractivity (Wildman–Crippen MR) is 165 cm³/mol. The zero-order chi connectivity index (χ0) is 31.0. The highest BCUT2D eigenvalue weighted by molar-refractivity contribution is 7.88. The second-order valence-electron chi connectivity index (χ2n) is 10.9. The van der Waals surface area contributed by atoms with Crippen molar-refractivity contribution in [3.63, 3.8) is 0 Å². The number of aromatic nitrogens is 7. The number of anilines is 1. The van der Waals surface area contributed by atoms with Gasteiger partial charge in [0.2, 0.25) is 15.9 Å². The van der Waals surface area contributed by atoms with Crippen molar-refractivity contribution in [3.05, 3.63) is 72.6 Å². The van der Waals surface area contributed by atoms with Crippen molar-refractivity contribution in [2.45, 2.75) is 26.8 Å². The third-order valence-electron chi connectivity index (χ3n) is 6.77. The van der Waals surface area contributed by atoms with Crippen LogP contribution in [0.1, 0.15) is 25.8 Å². The molecular weight excluding hydrogens is 585 g/mol. The number of aromatic amines is 2. The summed E-state index contributed by atoms with van der Waals surface area (Å²) in [6, 6.07) is 9.78. The van der Waals surface area contributed by atoms with Gasteiger partial charge in [0.05, 0.1) is 34.7 Å². The Hall–Kier alpha value is -5.08. The molecule has 0 radical (unpaired) electrons. The summed E-state index contributed by atoms with van der Waals surface area (Å²) >= 11 is 0. The lowest BCUT2D eigenvalue weighted by Crippen LogP contribution is -2.21. The van der Waals surface area contributed by atoms with E-state index in [0.29, 0.717) is 62.5 Å². The maximum absolute atomic E-state index is 14.6. The van der Waals surface area contributed by atoms with Crippen LogP contribution >= 0.6 is 0 Å². The number of hydrogen-bond acceptors (Lipinski definition) is 8. The molecule has 5 aromatic heterocycles. The van der Waals surface area contributed by atoms with Gasteiger partial charge in [-0.2, -0.15) is 5.10 Å². The number of benzene rings is 1. The predicted octanol–water partition coefficient (Wildman–Crippen LogP) is 4.80. The summed E-state index contributed by atoms with van der Waals surface area (Å²) in [5, 5.41) is 10.9. The van der Waals surface area contributed by atoms with E-state index in [4.69, 9.17) is 4.98 Å².